The lowest BCUT2D eigenvalue weighted by Gasteiger charge is -2.18. The van der Waals surface area contributed by atoms with Gasteiger partial charge in [-0.15, -0.1) is 0 Å². The number of carbonyl (C=O) groups is 1. The van der Waals surface area contributed by atoms with E-state index in [-0.39, 0.29) is 11.9 Å². The van der Waals surface area contributed by atoms with Gasteiger partial charge in [-0.3, -0.25) is 4.79 Å². The molecule has 3 nitrogen and oxygen atoms in total. The summed E-state index contributed by atoms with van der Waals surface area (Å²) in [5.74, 6) is 0.167. The summed E-state index contributed by atoms with van der Waals surface area (Å²) in [5, 5.41) is 3.12. The van der Waals surface area contributed by atoms with Crippen molar-refractivity contribution in [1.29, 1.82) is 0 Å². The van der Waals surface area contributed by atoms with E-state index in [4.69, 9.17) is 0 Å². The predicted molar refractivity (Wildman–Crippen MR) is 74.1 cm³/mol. The Balaban J connectivity index is 2.17. The van der Waals surface area contributed by atoms with E-state index in [1.54, 1.807) is 0 Å². The fraction of sp³-hybridized carbons (Fsp3) is 0.533. The van der Waals surface area contributed by atoms with Crippen LogP contribution in [-0.2, 0) is 4.79 Å². The number of nitrogens with one attached hydrogen (secondary N) is 2. The molecule has 2 unspecified atom stereocenters. The number of aryl methyl sites for hydroxylation is 3. The molecule has 1 aliphatic rings. The first-order chi connectivity index (χ1) is 8.49. The molecule has 1 aliphatic heterocycles. The quantitative estimate of drug-likeness (QED) is 0.809. The second kappa shape index (κ2) is 5.11. The lowest BCUT2D eigenvalue weighted by molar-refractivity contribution is -0.882. The molecular weight excluding hydrogens is 224 g/mol. The minimum absolute atomic E-state index is 0.116. The first-order valence-electron chi connectivity index (χ1n) is 6.70. The van der Waals surface area contributed by atoms with Gasteiger partial charge in [0.15, 0.2) is 6.04 Å². The first kappa shape index (κ1) is 13.1. The van der Waals surface area contributed by atoms with Crippen LogP contribution in [-0.4, -0.2) is 25.5 Å². The lowest BCUT2D eigenvalue weighted by Crippen LogP contribution is -3.12. The van der Waals surface area contributed by atoms with Gasteiger partial charge in [-0.25, -0.2) is 0 Å². The molecule has 1 saturated heterocycles. The molecule has 18 heavy (non-hydrogen) atoms. The summed E-state index contributed by atoms with van der Waals surface area (Å²) >= 11 is 0. The van der Waals surface area contributed by atoms with Gasteiger partial charge in [0.2, 0.25) is 0 Å². The van der Waals surface area contributed by atoms with Gasteiger partial charge in [0.05, 0.1) is 13.6 Å². The highest BCUT2D eigenvalue weighted by Crippen LogP contribution is 2.22. The van der Waals surface area contributed by atoms with Crippen molar-refractivity contribution in [2.75, 3.05) is 18.9 Å². The van der Waals surface area contributed by atoms with Crippen molar-refractivity contribution in [3.05, 3.63) is 28.8 Å². The zero-order chi connectivity index (χ0) is 13.3. The van der Waals surface area contributed by atoms with Crippen molar-refractivity contribution in [2.24, 2.45) is 0 Å². The molecule has 0 aromatic heterocycles. The fourth-order valence-electron chi connectivity index (χ4n) is 2.95. The maximum absolute atomic E-state index is 12.3. The molecule has 1 aromatic rings. The van der Waals surface area contributed by atoms with Crippen LogP contribution in [0.5, 0.6) is 0 Å². The Hall–Kier alpha value is -1.35. The number of quaternary nitrogens is 1. The van der Waals surface area contributed by atoms with E-state index in [0.29, 0.717) is 0 Å². The first-order valence-corrected chi connectivity index (χ1v) is 6.70. The fourth-order valence-corrected chi connectivity index (χ4v) is 2.95. The van der Waals surface area contributed by atoms with Crippen LogP contribution in [0.3, 0.4) is 0 Å². The van der Waals surface area contributed by atoms with Crippen molar-refractivity contribution in [2.45, 2.75) is 39.7 Å². The largest absolute Gasteiger partial charge is 0.327 e. The zero-order valence-corrected chi connectivity index (χ0v) is 11.8. The summed E-state index contributed by atoms with van der Waals surface area (Å²) in [6.45, 7) is 7.30. The van der Waals surface area contributed by atoms with Gasteiger partial charge in [-0.2, -0.15) is 0 Å². The summed E-state index contributed by atoms with van der Waals surface area (Å²) in [6.07, 6.45) is 2.15. The summed E-state index contributed by atoms with van der Waals surface area (Å²) in [5.41, 5.74) is 4.53. The Bertz CT molecular complexity index is 445. The third kappa shape index (κ3) is 2.56. The molecule has 1 fully saturated rings. The average Bonchev–Trinajstić information content (AvgIpc) is 2.69. The number of likely N-dealkylation sites (N-methyl/N-ethyl adjacent to an activating group) is 1. The Kier molecular flexibility index (Phi) is 3.71. The van der Waals surface area contributed by atoms with Crippen LogP contribution in [0.15, 0.2) is 12.1 Å². The van der Waals surface area contributed by atoms with Crippen molar-refractivity contribution in [1.82, 2.24) is 0 Å². The average molecular weight is 247 g/mol. The standard InChI is InChI=1S/C15H22N2O/c1-10-8-11(2)14(12(3)9-10)16-15(18)13-6-5-7-17(13)4/h8-9,13H,5-7H2,1-4H3,(H,16,18)/p+1. The van der Waals surface area contributed by atoms with Gasteiger partial charge >= 0.3 is 0 Å². The normalized spacial score (nSPS) is 23.1. The molecule has 2 atom stereocenters. The monoisotopic (exact) mass is 247 g/mol. The molecule has 0 saturated carbocycles. The third-order valence-electron chi connectivity index (χ3n) is 3.90. The Labute approximate surface area is 109 Å². The van der Waals surface area contributed by atoms with Gasteiger partial charge in [-0.1, -0.05) is 17.7 Å². The van der Waals surface area contributed by atoms with Gasteiger partial charge < -0.3 is 10.2 Å². The number of rotatable bonds is 2. The third-order valence-corrected chi connectivity index (χ3v) is 3.90. The van der Waals surface area contributed by atoms with Crippen molar-refractivity contribution < 1.29 is 9.69 Å². The number of likely N-dealkylation sites (tertiary alicyclic amines) is 1. The number of carbonyl (C=O) groups excluding carboxylic acids is 1. The van der Waals surface area contributed by atoms with Crippen LogP contribution in [0.25, 0.3) is 0 Å². The molecular formula is C15H23N2O+. The predicted octanol–water partition coefficient (Wildman–Crippen LogP) is 1.23. The summed E-state index contributed by atoms with van der Waals surface area (Å²) in [7, 11) is 2.10. The van der Waals surface area contributed by atoms with Crippen LogP contribution in [0.1, 0.15) is 29.5 Å². The maximum Gasteiger partial charge on any atom is 0.282 e. The summed E-state index contributed by atoms with van der Waals surface area (Å²) in [6, 6.07) is 4.35. The van der Waals surface area contributed by atoms with E-state index in [0.717, 1.165) is 36.2 Å². The second-order valence-corrected chi connectivity index (χ2v) is 5.55. The van der Waals surface area contributed by atoms with E-state index >= 15 is 0 Å². The van der Waals surface area contributed by atoms with Crippen LogP contribution < -0.4 is 10.2 Å². The number of anilines is 1. The Morgan fingerprint density at radius 1 is 1.28 bits per heavy atom. The number of hydrogen-bond donors (Lipinski definition) is 2. The zero-order valence-electron chi connectivity index (χ0n) is 11.8. The molecule has 2 N–H and O–H groups in total. The van der Waals surface area contributed by atoms with E-state index in [9.17, 15) is 4.79 Å². The minimum Gasteiger partial charge on any atom is -0.327 e. The lowest BCUT2D eigenvalue weighted by atomic mass is 10.0. The molecule has 1 heterocycles. The van der Waals surface area contributed by atoms with Gasteiger partial charge in [0.1, 0.15) is 0 Å². The molecule has 0 bridgehead atoms. The summed E-state index contributed by atoms with van der Waals surface area (Å²) < 4.78 is 0. The van der Waals surface area contributed by atoms with E-state index in [1.165, 1.54) is 10.5 Å². The SMILES string of the molecule is Cc1cc(C)c(NC(=O)C2CCC[NH+]2C)c(C)c1. The topological polar surface area (TPSA) is 33.5 Å². The Morgan fingerprint density at radius 3 is 2.39 bits per heavy atom. The van der Waals surface area contributed by atoms with E-state index < -0.39 is 0 Å². The van der Waals surface area contributed by atoms with Crippen LogP contribution in [0, 0.1) is 20.8 Å². The number of benzene rings is 1. The van der Waals surface area contributed by atoms with Crippen LogP contribution >= 0.6 is 0 Å². The van der Waals surface area contributed by atoms with Crippen molar-refractivity contribution in [3.8, 4) is 0 Å². The highest BCUT2D eigenvalue weighted by molar-refractivity contribution is 5.95. The molecule has 0 spiro atoms. The van der Waals surface area contributed by atoms with Crippen LogP contribution in [0.2, 0.25) is 0 Å². The van der Waals surface area contributed by atoms with Crippen LogP contribution in [0.4, 0.5) is 5.69 Å². The van der Waals surface area contributed by atoms with Gasteiger partial charge in [0, 0.05) is 18.5 Å². The maximum atomic E-state index is 12.3. The molecule has 3 heteroatoms. The molecule has 0 radical (unpaired) electrons. The summed E-state index contributed by atoms with van der Waals surface area (Å²) in [4.78, 5) is 13.6. The molecule has 98 valence electrons. The molecule has 1 aromatic carbocycles. The van der Waals surface area contributed by atoms with Crippen molar-refractivity contribution >= 4 is 11.6 Å². The smallest absolute Gasteiger partial charge is 0.282 e. The number of amides is 1. The minimum atomic E-state index is 0.116. The van der Waals surface area contributed by atoms with E-state index in [2.05, 4.69) is 45.3 Å². The molecule has 1 amide bonds. The molecule has 2 rings (SSSR count). The van der Waals surface area contributed by atoms with Gasteiger partial charge in [0.25, 0.3) is 5.91 Å². The van der Waals surface area contributed by atoms with Gasteiger partial charge in [-0.05, 0) is 31.9 Å². The highest BCUT2D eigenvalue weighted by Gasteiger charge is 2.32. The van der Waals surface area contributed by atoms with Crippen molar-refractivity contribution in [3.63, 3.8) is 0 Å². The van der Waals surface area contributed by atoms with E-state index in [1.807, 2.05) is 0 Å². The molecule has 0 aliphatic carbocycles. The Morgan fingerprint density at radius 2 is 1.89 bits per heavy atom. The highest BCUT2D eigenvalue weighted by atomic mass is 16.2. The number of hydrogen-bond acceptors (Lipinski definition) is 1. The second-order valence-electron chi connectivity index (χ2n) is 5.55.